The summed E-state index contributed by atoms with van der Waals surface area (Å²) in [6.07, 6.45) is 1.35. The smallest absolute Gasteiger partial charge is 0.335 e. The molecule has 0 atom stereocenters. The monoisotopic (exact) mass is 445 g/mol. The number of furan rings is 1. The molecule has 2 aromatic carbocycles. The van der Waals surface area contributed by atoms with Crippen LogP contribution in [0.2, 0.25) is 0 Å². The number of carboxylic acid groups (broad SMARTS) is 1. The first-order chi connectivity index (χ1) is 15.8. The fourth-order valence-corrected chi connectivity index (χ4v) is 3.23. The molecule has 0 bridgehead atoms. The number of carbonyl (C=O) groups is 4. The summed E-state index contributed by atoms with van der Waals surface area (Å²) in [6.45, 7) is 1.48. The summed E-state index contributed by atoms with van der Waals surface area (Å²) in [5, 5.41) is 14.2. The van der Waals surface area contributed by atoms with E-state index in [0.29, 0.717) is 17.0 Å². The highest BCUT2D eigenvalue weighted by Crippen LogP contribution is 2.25. The quantitative estimate of drug-likeness (QED) is 0.394. The van der Waals surface area contributed by atoms with Crippen LogP contribution in [0.1, 0.15) is 21.7 Å². The maximum Gasteiger partial charge on any atom is 0.335 e. The average molecular weight is 445 g/mol. The molecule has 4 amide bonds. The third kappa shape index (κ3) is 4.82. The van der Waals surface area contributed by atoms with Gasteiger partial charge in [-0.2, -0.15) is 0 Å². The fraction of sp³-hybridized carbons (Fsp3) is 0.0833. The van der Waals surface area contributed by atoms with Gasteiger partial charge in [-0.3, -0.25) is 9.59 Å². The minimum atomic E-state index is -1.06. The molecule has 0 radical (unpaired) electrons. The number of imide groups is 1. The number of anilines is 1. The van der Waals surface area contributed by atoms with E-state index in [9.17, 15) is 19.2 Å². The Labute approximate surface area is 188 Å². The minimum Gasteiger partial charge on any atom is -0.478 e. The molecule has 33 heavy (non-hydrogen) atoms. The van der Waals surface area contributed by atoms with E-state index in [0.717, 1.165) is 10.5 Å². The molecular weight excluding hydrogens is 426 g/mol. The number of carboxylic acids is 1. The molecule has 1 fully saturated rings. The van der Waals surface area contributed by atoms with Gasteiger partial charge in [0.1, 0.15) is 23.8 Å². The molecule has 0 spiro atoms. The molecule has 0 unspecified atom stereocenters. The highest BCUT2D eigenvalue weighted by Gasteiger charge is 2.35. The zero-order valence-corrected chi connectivity index (χ0v) is 17.5. The van der Waals surface area contributed by atoms with Gasteiger partial charge in [0.25, 0.3) is 5.91 Å². The second-order valence-electron chi connectivity index (χ2n) is 7.38. The summed E-state index contributed by atoms with van der Waals surface area (Å²) in [5.74, 6) is -1.56. The first-order valence-corrected chi connectivity index (χ1v) is 9.95. The van der Waals surface area contributed by atoms with Gasteiger partial charge < -0.3 is 20.2 Å². The Hall–Kier alpha value is -4.66. The van der Waals surface area contributed by atoms with Gasteiger partial charge in [0, 0.05) is 17.3 Å². The molecule has 1 aromatic heterocycles. The molecule has 1 saturated heterocycles. The summed E-state index contributed by atoms with van der Waals surface area (Å²) in [5.41, 5.74) is 2.22. The van der Waals surface area contributed by atoms with E-state index in [2.05, 4.69) is 10.6 Å². The fourth-order valence-electron chi connectivity index (χ4n) is 3.23. The van der Waals surface area contributed by atoms with Crippen molar-refractivity contribution in [1.29, 1.82) is 0 Å². The van der Waals surface area contributed by atoms with E-state index < -0.39 is 30.4 Å². The standard InChI is InChI=1S/C24H19N3O6/c1-14-5-7-17(8-6-14)25-21(28)13-27-22(29)19(26-24(27)32)12-18-9-10-20(33-18)15-3-2-4-16(11-15)23(30)31/h2-12H,13H2,1H3,(H,25,28)(H,26,32)(H,30,31). The lowest BCUT2D eigenvalue weighted by atomic mass is 10.1. The van der Waals surface area contributed by atoms with Gasteiger partial charge in [0.05, 0.1) is 5.56 Å². The van der Waals surface area contributed by atoms with Crippen LogP contribution < -0.4 is 10.6 Å². The highest BCUT2D eigenvalue weighted by molar-refractivity contribution is 6.15. The lowest BCUT2D eigenvalue weighted by Gasteiger charge is -2.12. The van der Waals surface area contributed by atoms with Gasteiger partial charge in [-0.15, -0.1) is 0 Å². The number of hydrogen-bond donors (Lipinski definition) is 3. The first kappa shape index (κ1) is 21.6. The van der Waals surface area contributed by atoms with Gasteiger partial charge in [-0.25, -0.2) is 14.5 Å². The summed E-state index contributed by atoms with van der Waals surface area (Å²) in [7, 11) is 0. The second kappa shape index (κ2) is 8.83. The summed E-state index contributed by atoms with van der Waals surface area (Å²) in [6, 6.07) is 15.8. The van der Waals surface area contributed by atoms with Gasteiger partial charge in [-0.1, -0.05) is 29.8 Å². The number of rotatable bonds is 6. The Morgan fingerprint density at radius 1 is 1.09 bits per heavy atom. The van der Waals surface area contributed by atoms with Crippen LogP contribution in [-0.4, -0.2) is 40.4 Å². The molecule has 0 saturated carbocycles. The molecule has 3 N–H and O–H groups in total. The normalized spacial score (nSPS) is 14.5. The molecule has 3 aromatic rings. The number of aryl methyl sites for hydroxylation is 1. The van der Waals surface area contributed by atoms with E-state index in [-0.39, 0.29) is 17.0 Å². The highest BCUT2D eigenvalue weighted by atomic mass is 16.4. The predicted molar refractivity (Wildman–Crippen MR) is 119 cm³/mol. The van der Waals surface area contributed by atoms with E-state index in [4.69, 9.17) is 9.52 Å². The van der Waals surface area contributed by atoms with Crippen LogP contribution >= 0.6 is 0 Å². The Kier molecular flexibility index (Phi) is 5.77. The number of aromatic carboxylic acids is 1. The van der Waals surface area contributed by atoms with Gasteiger partial charge >= 0.3 is 12.0 Å². The molecule has 166 valence electrons. The van der Waals surface area contributed by atoms with Crippen molar-refractivity contribution < 1.29 is 28.7 Å². The summed E-state index contributed by atoms with van der Waals surface area (Å²) < 4.78 is 5.68. The van der Waals surface area contributed by atoms with Crippen molar-refractivity contribution in [3.63, 3.8) is 0 Å². The Balaban J connectivity index is 1.45. The number of carbonyl (C=O) groups excluding carboxylic acids is 3. The minimum absolute atomic E-state index is 0.0386. The molecule has 2 heterocycles. The van der Waals surface area contributed by atoms with E-state index >= 15 is 0 Å². The third-order valence-electron chi connectivity index (χ3n) is 4.91. The van der Waals surface area contributed by atoms with Crippen LogP contribution in [-0.2, 0) is 9.59 Å². The third-order valence-corrected chi connectivity index (χ3v) is 4.91. The number of nitrogens with one attached hydrogen (secondary N) is 2. The molecule has 1 aliphatic heterocycles. The van der Waals surface area contributed by atoms with Crippen molar-refractivity contribution in [3.8, 4) is 11.3 Å². The number of hydrogen-bond acceptors (Lipinski definition) is 5. The maximum atomic E-state index is 12.6. The van der Waals surface area contributed by atoms with E-state index in [1.807, 2.05) is 19.1 Å². The van der Waals surface area contributed by atoms with Crippen LogP contribution in [0, 0.1) is 6.92 Å². The van der Waals surface area contributed by atoms with Crippen LogP contribution in [0.15, 0.2) is 70.8 Å². The largest absolute Gasteiger partial charge is 0.478 e. The Morgan fingerprint density at radius 3 is 2.58 bits per heavy atom. The van der Waals surface area contributed by atoms with Crippen LogP contribution in [0.4, 0.5) is 10.5 Å². The molecule has 4 rings (SSSR count). The molecular formula is C24H19N3O6. The van der Waals surface area contributed by atoms with Crippen molar-refractivity contribution in [2.45, 2.75) is 6.92 Å². The Bertz CT molecular complexity index is 1290. The van der Waals surface area contributed by atoms with E-state index in [1.165, 1.54) is 18.2 Å². The second-order valence-corrected chi connectivity index (χ2v) is 7.38. The first-order valence-electron chi connectivity index (χ1n) is 9.95. The molecule has 9 nitrogen and oxygen atoms in total. The van der Waals surface area contributed by atoms with Gasteiger partial charge in [0.2, 0.25) is 5.91 Å². The zero-order valence-electron chi connectivity index (χ0n) is 17.5. The lowest BCUT2D eigenvalue weighted by Crippen LogP contribution is -2.38. The topological polar surface area (TPSA) is 129 Å². The van der Waals surface area contributed by atoms with Crippen molar-refractivity contribution >= 4 is 35.6 Å². The number of urea groups is 1. The molecule has 9 heteroatoms. The van der Waals surface area contributed by atoms with Crippen molar-refractivity contribution in [3.05, 3.63) is 83.2 Å². The number of nitrogens with zero attached hydrogens (tertiary/aromatic N) is 1. The van der Waals surface area contributed by atoms with E-state index in [1.54, 1.807) is 36.4 Å². The molecule has 1 aliphatic rings. The zero-order chi connectivity index (χ0) is 23.5. The van der Waals surface area contributed by atoms with Crippen molar-refractivity contribution in [1.82, 2.24) is 10.2 Å². The van der Waals surface area contributed by atoms with Crippen LogP contribution in [0.3, 0.4) is 0 Å². The average Bonchev–Trinajstić information content (AvgIpc) is 3.36. The van der Waals surface area contributed by atoms with Crippen LogP contribution in [0.5, 0.6) is 0 Å². The number of benzene rings is 2. The maximum absolute atomic E-state index is 12.6. The van der Waals surface area contributed by atoms with Gasteiger partial charge in [0.15, 0.2) is 0 Å². The number of amides is 4. The molecule has 0 aliphatic carbocycles. The lowest BCUT2D eigenvalue weighted by molar-refractivity contribution is -0.127. The SMILES string of the molecule is Cc1ccc(NC(=O)CN2C(=O)NC(=Cc3ccc(-c4cccc(C(=O)O)c4)o3)C2=O)cc1. The Morgan fingerprint density at radius 2 is 1.85 bits per heavy atom. The summed E-state index contributed by atoms with van der Waals surface area (Å²) in [4.78, 5) is 49.1. The van der Waals surface area contributed by atoms with Crippen molar-refractivity contribution in [2.24, 2.45) is 0 Å². The van der Waals surface area contributed by atoms with Crippen LogP contribution in [0.25, 0.3) is 17.4 Å². The predicted octanol–water partition coefficient (Wildman–Crippen LogP) is 3.48. The summed E-state index contributed by atoms with van der Waals surface area (Å²) >= 11 is 0. The van der Waals surface area contributed by atoms with Gasteiger partial charge in [-0.05, 0) is 43.3 Å². The van der Waals surface area contributed by atoms with Crippen molar-refractivity contribution in [2.75, 3.05) is 11.9 Å².